The van der Waals surface area contributed by atoms with Crippen LogP contribution in [-0.4, -0.2) is 4.57 Å². The van der Waals surface area contributed by atoms with Crippen molar-refractivity contribution in [3.05, 3.63) is 59.1 Å². The molecule has 0 saturated heterocycles. The lowest BCUT2D eigenvalue weighted by Crippen LogP contribution is -1.93. The van der Waals surface area contributed by atoms with Crippen LogP contribution in [0.3, 0.4) is 0 Å². The van der Waals surface area contributed by atoms with Crippen LogP contribution in [0.15, 0.2) is 49.1 Å². The second-order valence-electron chi connectivity index (χ2n) is 4.22. The first-order valence-corrected chi connectivity index (χ1v) is 6.44. The predicted molar refractivity (Wildman–Crippen MR) is 79.7 cm³/mol. The van der Waals surface area contributed by atoms with E-state index in [1.807, 2.05) is 42.5 Å². The van der Waals surface area contributed by atoms with E-state index in [4.69, 9.17) is 23.2 Å². The Balaban J connectivity index is 2.52. The lowest BCUT2D eigenvalue weighted by atomic mass is 10.1. The first-order valence-electron chi connectivity index (χ1n) is 5.68. The quantitative estimate of drug-likeness (QED) is 0.560. The first kappa shape index (κ1) is 11.6. The van der Waals surface area contributed by atoms with Gasteiger partial charge < -0.3 is 4.57 Å². The van der Waals surface area contributed by atoms with Crippen LogP contribution < -0.4 is 0 Å². The van der Waals surface area contributed by atoms with E-state index in [0.717, 1.165) is 38.4 Å². The van der Waals surface area contributed by atoms with Crippen LogP contribution in [0, 0.1) is 0 Å². The van der Waals surface area contributed by atoms with Gasteiger partial charge in [0.15, 0.2) is 0 Å². The molecular formula is C15H11Cl2N. The number of benzene rings is 2. The Hall–Kier alpha value is -1.44. The zero-order valence-electron chi connectivity index (χ0n) is 9.66. The third kappa shape index (κ3) is 1.71. The number of hydrogen-bond donors (Lipinski definition) is 0. The molecule has 0 atom stereocenters. The molecule has 1 heterocycles. The topological polar surface area (TPSA) is 4.93 Å². The first-order chi connectivity index (χ1) is 8.70. The van der Waals surface area contributed by atoms with Crippen LogP contribution in [-0.2, 0) is 6.54 Å². The van der Waals surface area contributed by atoms with Crippen LogP contribution in [0.25, 0.3) is 21.8 Å². The molecule has 0 aliphatic heterocycles. The summed E-state index contributed by atoms with van der Waals surface area (Å²) in [5.41, 5.74) is 2.30. The molecule has 18 heavy (non-hydrogen) atoms. The van der Waals surface area contributed by atoms with Crippen LogP contribution in [0.1, 0.15) is 0 Å². The average molecular weight is 276 g/mol. The van der Waals surface area contributed by atoms with Gasteiger partial charge in [0, 0.05) is 38.4 Å². The molecule has 3 heteroatoms. The monoisotopic (exact) mass is 275 g/mol. The normalized spacial score (nSPS) is 11.2. The fourth-order valence-corrected chi connectivity index (χ4v) is 2.72. The number of fused-ring (bicyclic) bond motifs is 3. The number of aromatic nitrogens is 1. The standard InChI is InChI=1S/C15H11Cl2N/c1-2-7-18-14-5-3-10(16)8-12(14)13-9-11(17)4-6-15(13)18/h2-6,8-9H,1,7H2. The van der Waals surface area contributed by atoms with Crippen molar-refractivity contribution >= 4 is 45.0 Å². The number of rotatable bonds is 2. The zero-order valence-corrected chi connectivity index (χ0v) is 11.2. The molecular weight excluding hydrogens is 265 g/mol. The molecule has 3 rings (SSSR count). The van der Waals surface area contributed by atoms with Crippen molar-refractivity contribution in [3.63, 3.8) is 0 Å². The number of allylic oxidation sites excluding steroid dienone is 1. The number of nitrogens with zero attached hydrogens (tertiary/aromatic N) is 1. The SMILES string of the molecule is C=CCn1c2ccc(Cl)cc2c2cc(Cl)ccc21. The van der Waals surface area contributed by atoms with Crippen molar-refractivity contribution in [2.24, 2.45) is 0 Å². The highest BCUT2D eigenvalue weighted by Gasteiger charge is 2.10. The Morgan fingerprint density at radius 1 is 0.944 bits per heavy atom. The van der Waals surface area contributed by atoms with Crippen molar-refractivity contribution in [3.8, 4) is 0 Å². The molecule has 0 aliphatic rings. The van der Waals surface area contributed by atoms with Crippen LogP contribution in [0.4, 0.5) is 0 Å². The second kappa shape index (κ2) is 4.34. The van der Waals surface area contributed by atoms with Gasteiger partial charge in [0.05, 0.1) is 0 Å². The summed E-state index contributed by atoms with van der Waals surface area (Å²) in [7, 11) is 0. The Morgan fingerprint density at radius 3 is 1.89 bits per heavy atom. The van der Waals surface area contributed by atoms with Gasteiger partial charge in [-0.1, -0.05) is 29.3 Å². The van der Waals surface area contributed by atoms with E-state index in [2.05, 4.69) is 11.1 Å². The van der Waals surface area contributed by atoms with E-state index in [1.165, 1.54) is 0 Å². The summed E-state index contributed by atoms with van der Waals surface area (Å²) in [5.74, 6) is 0. The highest BCUT2D eigenvalue weighted by molar-refractivity contribution is 6.33. The molecule has 0 saturated carbocycles. The van der Waals surface area contributed by atoms with Gasteiger partial charge in [-0.2, -0.15) is 0 Å². The third-order valence-electron chi connectivity index (χ3n) is 3.10. The fourth-order valence-electron chi connectivity index (χ4n) is 2.37. The van der Waals surface area contributed by atoms with E-state index in [0.29, 0.717) is 0 Å². The lowest BCUT2D eigenvalue weighted by molar-refractivity contribution is 0.901. The lowest BCUT2D eigenvalue weighted by Gasteiger charge is -2.03. The number of halogens is 2. The maximum absolute atomic E-state index is 6.08. The van der Waals surface area contributed by atoms with Gasteiger partial charge in [-0.15, -0.1) is 6.58 Å². The minimum Gasteiger partial charge on any atom is -0.337 e. The summed E-state index contributed by atoms with van der Waals surface area (Å²) in [6.45, 7) is 4.58. The minimum absolute atomic E-state index is 0.736. The van der Waals surface area contributed by atoms with Gasteiger partial charge in [0.1, 0.15) is 0 Å². The van der Waals surface area contributed by atoms with Gasteiger partial charge >= 0.3 is 0 Å². The zero-order chi connectivity index (χ0) is 12.7. The molecule has 1 aromatic heterocycles. The van der Waals surface area contributed by atoms with Crippen molar-refractivity contribution in [1.82, 2.24) is 4.57 Å². The maximum atomic E-state index is 6.08. The highest BCUT2D eigenvalue weighted by Crippen LogP contribution is 2.32. The van der Waals surface area contributed by atoms with Crippen LogP contribution in [0.2, 0.25) is 10.0 Å². The Labute approximate surface area is 115 Å². The largest absolute Gasteiger partial charge is 0.337 e. The van der Waals surface area contributed by atoms with E-state index in [1.54, 1.807) is 0 Å². The Morgan fingerprint density at radius 2 is 1.44 bits per heavy atom. The average Bonchev–Trinajstić information content (AvgIpc) is 2.64. The molecule has 0 amide bonds. The summed E-state index contributed by atoms with van der Waals surface area (Å²) in [5, 5.41) is 3.73. The Bertz CT molecular complexity index is 697. The van der Waals surface area contributed by atoms with Crippen LogP contribution >= 0.6 is 23.2 Å². The summed E-state index contributed by atoms with van der Waals surface area (Å²) in [6.07, 6.45) is 1.89. The molecule has 0 unspecified atom stereocenters. The molecule has 3 aromatic rings. The maximum Gasteiger partial charge on any atom is 0.0495 e. The molecule has 0 fully saturated rings. The second-order valence-corrected chi connectivity index (χ2v) is 5.10. The summed E-state index contributed by atoms with van der Waals surface area (Å²) >= 11 is 12.2. The van der Waals surface area contributed by atoms with Crippen molar-refractivity contribution < 1.29 is 0 Å². The molecule has 2 aromatic carbocycles. The van der Waals surface area contributed by atoms with E-state index in [-0.39, 0.29) is 0 Å². The Kier molecular flexibility index (Phi) is 2.81. The van der Waals surface area contributed by atoms with Gasteiger partial charge in [0.2, 0.25) is 0 Å². The predicted octanol–water partition coefficient (Wildman–Crippen LogP) is 5.29. The molecule has 0 bridgehead atoms. The van der Waals surface area contributed by atoms with Gasteiger partial charge in [-0.05, 0) is 36.4 Å². The van der Waals surface area contributed by atoms with E-state index < -0.39 is 0 Å². The summed E-state index contributed by atoms with van der Waals surface area (Å²) in [6, 6.07) is 11.8. The molecule has 0 radical (unpaired) electrons. The van der Waals surface area contributed by atoms with E-state index in [9.17, 15) is 0 Å². The smallest absolute Gasteiger partial charge is 0.0495 e. The van der Waals surface area contributed by atoms with Crippen molar-refractivity contribution in [2.45, 2.75) is 6.54 Å². The fraction of sp³-hybridized carbons (Fsp3) is 0.0667. The molecule has 0 spiro atoms. The van der Waals surface area contributed by atoms with E-state index >= 15 is 0 Å². The summed E-state index contributed by atoms with van der Waals surface area (Å²) in [4.78, 5) is 0. The molecule has 90 valence electrons. The minimum atomic E-state index is 0.736. The molecule has 1 nitrogen and oxygen atoms in total. The summed E-state index contributed by atoms with van der Waals surface area (Å²) < 4.78 is 2.21. The molecule has 0 N–H and O–H groups in total. The van der Waals surface area contributed by atoms with Gasteiger partial charge in [-0.3, -0.25) is 0 Å². The highest BCUT2D eigenvalue weighted by atomic mass is 35.5. The van der Waals surface area contributed by atoms with Gasteiger partial charge in [-0.25, -0.2) is 0 Å². The van der Waals surface area contributed by atoms with Crippen molar-refractivity contribution in [2.75, 3.05) is 0 Å². The third-order valence-corrected chi connectivity index (χ3v) is 3.57. The number of hydrogen-bond acceptors (Lipinski definition) is 0. The molecule has 0 aliphatic carbocycles. The van der Waals surface area contributed by atoms with Crippen LogP contribution in [0.5, 0.6) is 0 Å². The van der Waals surface area contributed by atoms with Crippen molar-refractivity contribution in [1.29, 1.82) is 0 Å². The van der Waals surface area contributed by atoms with Gasteiger partial charge in [0.25, 0.3) is 0 Å².